The minimum atomic E-state index is -0.833. The van der Waals surface area contributed by atoms with Gasteiger partial charge < -0.3 is 25.2 Å². The minimum absolute atomic E-state index is 0.0975. The number of nitrogens with zero attached hydrogens (tertiary/aromatic N) is 2. The molecule has 2 aliphatic rings. The largest absolute Gasteiger partial charge is 0.493 e. The number of amides is 1. The lowest BCUT2D eigenvalue weighted by Crippen LogP contribution is -2.53. The van der Waals surface area contributed by atoms with Gasteiger partial charge >= 0.3 is 0 Å². The van der Waals surface area contributed by atoms with Crippen molar-refractivity contribution >= 4 is 11.9 Å². The van der Waals surface area contributed by atoms with E-state index in [0.717, 1.165) is 76.9 Å². The summed E-state index contributed by atoms with van der Waals surface area (Å²) < 4.78 is 11.2. The van der Waals surface area contributed by atoms with E-state index in [1.165, 1.54) is 0 Å². The molecule has 2 heterocycles. The van der Waals surface area contributed by atoms with E-state index in [1.54, 1.807) is 0 Å². The average Bonchev–Trinajstić information content (AvgIpc) is 2.75. The molecule has 0 saturated carbocycles. The van der Waals surface area contributed by atoms with Crippen molar-refractivity contribution in [2.45, 2.75) is 39.2 Å². The second-order valence-electron chi connectivity index (χ2n) is 7.66. The van der Waals surface area contributed by atoms with Crippen molar-refractivity contribution in [1.29, 1.82) is 0 Å². The first-order valence-electron chi connectivity index (χ1n) is 10.7. The Bertz CT molecular complexity index is 679. The zero-order valence-corrected chi connectivity index (χ0v) is 18.1. The molecular weight excluding hydrogens is 386 g/mol. The highest BCUT2D eigenvalue weighted by atomic mass is 16.5. The standard InChI is InChI=1S/C20H31N3O3.C2H4O2/c1-16-3-4-17(15-19(16)26-12-2-7-21)20(24)23-10-8-22(9-11-23)18-5-13-25-14-6-18;1-2(3)4/h3-4,15,18H,2,5-14,21H2,1H3;1H3,(H,3,4). The van der Waals surface area contributed by atoms with Crippen molar-refractivity contribution in [1.82, 2.24) is 9.80 Å². The number of carboxylic acid groups (broad SMARTS) is 1. The number of hydrogen-bond acceptors (Lipinski definition) is 6. The van der Waals surface area contributed by atoms with Gasteiger partial charge in [-0.1, -0.05) is 6.07 Å². The van der Waals surface area contributed by atoms with Crippen molar-refractivity contribution in [2.24, 2.45) is 5.73 Å². The third-order valence-electron chi connectivity index (χ3n) is 5.35. The summed E-state index contributed by atoms with van der Waals surface area (Å²) in [5, 5.41) is 7.42. The number of aliphatic carboxylic acids is 1. The predicted molar refractivity (Wildman–Crippen MR) is 115 cm³/mol. The van der Waals surface area contributed by atoms with Gasteiger partial charge in [-0.05, 0) is 50.4 Å². The maximum absolute atomic E-state index is 12.9. The van der Waals surface area contributed by atoms with Crippen LogP contribution in [0.3, 0.4) is 0 Å². The summed E-state index contributed by atoms with van der Waals surface area (Å²) in [7, 11) is 0. The van der Waals surface area contributed by atoms with E-state index in [9.17, 15) is 4.79 Å². The van der Waals surface area contributed by atoms with Crippen LogP contribution in [0, 0.1) is 6.92 Å². The number of carboxylic acids is 1. The molecule has 2 fully saturated rings. The Morgan fingerprint density at radius 1 is 1.20 bits per heavy atom. The number of rotatable bonds is 6. The molecule has 3 rings (SSSR count). The molecule has 2 aliphatic heterocycles. The molecule has 0 radical (unpaired) electrons. The number of carbonyl (C=O) groups excluding carboxylic acids is 1. The zero-order chi connectivity index (χ0) is 21.9. The molecule has 168 valence electrons. The summed E-state index contributed by atoms with van der Waals surface area (Å²) in [4.78, 5) is 26.4. The van der Waals surface area contributed by atoms with Gasteiger partial charge in [0.15, 0.2) is 0 Å². The number of benzene rings is 1. The van der Waals surface area contributed by atoms with Crippen LogP contribution in [0.5, 0.6) is 5.75 Å². The Hall–Kier alpha value is -2.16. The molecule has 3 N–H and O–H groups in total. The van der Waals surface area contributed by atoms with Crippen LogP contribution in [0.15, 0.2) is 18.2 Å². The molecule has 8 heteroatoms. The quantitative estimate of drug-likeness (QED) is 0.674. The number of hydrogen-bond donors (Lipinski definition) is 2. The molecule has 1 aromatic carbocycles. The summed E-state index contributed by atoms with van der Waals surface area (Å²) in [5.74, 6) is 0.0467. The maximum atomic E-state index is 12.9. The van der Waals surface area contributed by atoms with Crippen molar-refractivity contribution < 1.29 is 24.2 Å². The fourth-order valence-corrected chi connectivity index (χ4v) is 3.68. The highest BCUT2D eigenvalue weighted by Crippen LogP contribution is 2.22. The van der Waals surface area contributed by atoms with Crippen LogP contribution in [0.1, 0.15) is 42.1 Å². The molecule has 8 nitrogen and oxygen atoms in total. The molecular formula is C22H35N3O5. The third kappa shape index (κ3) is 7.59. The van der Waals surface area contributed by atoms with Gasteiger partial charge in [-0.3, -0.25) is 14.5 Å². The Kier molecular flexibility index (Phi) is 10.1. The van der Waals surface area contributed by atoms with E-state index in [1.807, 2.05) is 30.0 Å². The summed E-state index contributed by atoms with van der Waals surface area (Å²) in [6.07, 6.45) is 3.02. The van der Waals surface area contributed by atoms with Crippen LogP contribution in [-0.2, 0) is 9.53 Å². The van der Waals surface area contributed by atoms with Gasteiger partial charge in [-0.15, -0.1) is 0 Å². The van der Waals surface area contributed by atoms with E-state index in [0.29, 0.717) is 24.8 Å². The number of aryl methyl sites for hydroxylation is 1. The second-order valence-corrected chi connectivity index (χ2v) is 7.66. The molecule has 0 spiro atoms. The molecule has 1 aromatic rings. The van der Waals surface area contributed by atoms with Crippen molar-refractivity contribution in [3.63, 3.8) is 0 Å². The van der Waals surface area contributed by atoms with E-state index in [4.69, 9.17) is 25.1 Å². The van der Waals surface area contributed by atoms with Gasteiger partial charge in [0.25, 0.3) is 11.9 Å². The normalized spacial score (nSPS) is 17.8. The monoisotopic (exact) mass is 421 g/mol. The molecule has 0 aliphatic carbocycles. The molecule has 0 unspecified atom stereocenters. The lowest BCUT2D eigenvalue weighted by atomic mass is 10.1. The second kappa shape index (κ2) is 12.5. The van der Waals surface area contributed by atoms with Gasteiger partial charge in [0, 0.05) is 57.9 Å². The molecule has 2 saturated heterocycles. The van der Waals surface area contributed by atoms with E-state index in [-0.39, 0.29) is 5.91 Å². The van der Waals surface area contributed by atoms with Crippen LogP contribution < -0.4 is 10.5 Å². The average molecular weight is 422 g/mol. The predicted octanol–water partition coefficient (Wildman–Crippen LogP) is 1.75. The van der Waals surface area contributed by atoms with Crippen molar-refractivity contribution in [3.05, 3.63) is 29.3 Å². The molecule has 0 bridgehead atoms. The lowest BCUT2D eigenvalue weighted by Gasteiger charge is -2.40. The molecule has 0 atom stereocenters. The first-order chi connectivity index (χ1) is 14.4. The lowest BCUT2D eigenvalue weighted by molar-refractivity contribution is -0.134. The van der Waals surface area contributed by atoms with Crippen LogP contribution in [0.2, 0.25) is 0 Å². The van der Waals surface area contributed by atoms with Gasteiger partial charge in [0.05, 0.1) is 6.61 Å². The van der Waals surface area contributed by atoms with Crippen LogP contribution in [0.4, 0.5) is 0 Å². The molecule has 0 aromatic heterocycles. The van der Waals surface area contributed by atoms with E-state index in [2.05, 4.69) is 4.90 Å². The Morgan fingerprint density at radius 3 is 2.43 bits per heavy atom. The van der Waals surface area contributed by atoms with Crippen molar-refractivity contribution in [3.8, 4) is 5.75 Å². The van der Waals surface area contributed by atoms with Crippen LogP contribution >= 0.6 is 0 Å². The SMILES string of the molecule is CC(=O)O.Cc1ccc(C(=O)N2CCN(C3CCOCC3)CC2)cc1OCCCN. The summed E-state index contributed by atoms with van der Waals surface area (Å²) in [6, 6.07) is 6.35. The fourth-order valence-electron chi connectivity index (χ4n) is 3.68. The number of piperazine rings is 1. The Labute approximate surface area is 178 Å². The van der Waals surface area contributed by atoms with E-state index < -0.39 is 5.97 Å². The first-order valence-corrected chi connectivity index (χ1v) is 10.7. The number of carbonyl (C=O) groups is 2. The number of ether oxygens (including phenoxy) is 2. The maximum Gasteiger partial charge on any atom is 0.300 e. The summed E-state index contributed by atoms with van der Waals surface area (Å²) in [5.41, 5.74) is 7.27. The highest BCUT2D eigenvalue weighted by Gasteiger charge is 2.27. The summed E-state index contributed by atoms with van der Waals surface area (Å²) >= 11 is 0. The van der Waals surface area contributed by atoms with Gasteiger partial charge in [-0.2, -0.15) is 0 Å². The molecule has 30 heavy (non-hydrogen) atoms. The molecule has 1 amide bonds. The van der Waals surface area contributed by atoms with Crippen LogP contribution in [0.25, 0.3) is 0 Å². The first kappa shape index (κ1) is 24.1. The summed E-state index contributed by atoms with van der Waals surface area (Å²) in [6.45, 7) is 9.46. The smallest absolute Gasteiger partial charge is 0.300 e. The van der Waals surface area contributed by atoms with Gasteiger partial charge in [0.1, 0.15) is 5.75 Å². The zero-order valence-electron chi connectivity index (χ0n) is 18.1. The highest BCUT2D eigenvalue weighted by molar-refractivity contribution is 5.94. The van der Waals surface area contributed by atoms with Crippen molar-refractivity contribution in [2.75, 3.05) is 52.5 Å². The third-order valence-corrected chi connectivity index (χ3v) is 5.35. The van der Waals surface area contributed by atoms with Gasteiger partial charge in [0.2, 0.25) is 0 Å². The van der Waals surface area contributed by atoms with Crippen LogP contribution in [-0.4, -0.2) is 85.4 Å². The fraction of sp³-hybridized carbons (Fsp3) is 0.636. The minimum Gasteiger partial charge on any atom is -0.493 e. The Morgan fingerprint density at radius 2 is 1.83 bits per heavy atom. The Balaban J connectivity index is 0.000000735. The number of nitrogens with two attached hydrogens (primary N) is 1. The van der Waals surface area contributed by atoms with E-state index >= 15 is 0 Å². The topological polar surface area (TPSA) is 105 Å². The van der Waals surface area contributed by atoms with Gasteiger partial charge in [-0.25, -0.2) is 0 Å².